The van der Waals surface area contributed by atoms with Crippen molar-refractivity contribution < 1.29 is 8.76 Å². The van der Waals surface area contributed by atoms with Gasteiger partial charge < -0.3 is 9.54 Å². The Hall–Kier alpha value is -1.86. The maximum Gasteiger partial charge on any atom is 0.248 e. The third-order valence-corrected chi connectivity index (χ3v) is 2.53. The summed E-state index contributed by atoms with van der Waals surface area (Å²) in [6.45, 7) is 0. The molecule has 2 aromatic heterocycles. The number of aromatic nitrogens is 3. The van der Waals surface area contributed by atoms with E-state index in [1.807, 2.05) is 0 Å². The normalized spacial score (nSPS) is 12.3. The number of aromatic amines is 1. The first kappa shape index (κ1) is 11.6. The minimum atomic E-state index is -1.98. The molecule has 0 saturated heterocycles. The molecular weight excluding hydrogens is 242 g/mol. The van der Waals surface area contributed by atoms with Gasteiger partial charge in [0.15, 0.2) is 11.1 Å². The average Bonchev–Trinajstić information content (AvgIpc) is 2.28. The minimum Gasteiger partial charge on any atom is -0.329 e. The van der Waals surface area contributed by atoms with Crippen molar-refractivity contribution in [2.45, 2.75) is 5.75 Å². The zero-order valence-corrected chi connectivity index (χ0v) is 9.48. The lowest BCUT2D eigenvalue weighted by atomic mass is 10.2. The molecule has 0 aliphatic carbocycles. The number of rotatable bonds is 3. The highest BCUT2D eigenvalue weighted by atomic mass is 32.2. The Morgan fingerprint density at radius 1 is 1.41 bits per heavy atom. The third-order valence-electron chi connectivity index (χ3n) is 2.03. The molecule has 0 bridgehead atoms. The van der Waals surface area contributed by atoms with E-state index < -0.39 is 11.1 Å². The van der Waals surface area contributed by atoms with Gasteiger partial charge in [-0.25, -0.2) is 14.2 Å². The molecule has 0 aromatic carbocycles. The molecule has 6 nitrogen and oxygen atoms in total. The molecule has 2 heterocycles. The number of nitrogens with zero attached hydrogens (tertiary/aromatic N) is 2. The van der Waals surface area contributed by atoms with Gasteiger partial charge in [0.2, 0.25) is 5.56 Å². The van der Waals surface area contributed by atoms with Crippen LogP contribution in [0.3, 0.4) is 0 Å². The van der Waals surface area contributed by atoms with Gasteiger partial charge in [-0.05, 0) is 12.1 Å². The van der Waals surface area contributed by atoms with Gasteiger partial charge in [-0.3, -0.25) is 4.79 Å². The molecule has 2 aromatic rings. The van der Waals surface area contributed by atoms with Crippen molar-refractivity contribution in [2.75, 3.05) is 0 Å². The molecule has 1 unspecified atom stereocenters. The molecule has 0 radical (unpaired) electrons. The Kier molecular flexibility index (Phi) is 3.40. The predicted molar refractivity (Wildman–Crippen MR) is 62.6 cm³/mol. The first-order valence-corrected chi connectivity index (χ1v) is 6.01. The van der Waals surface area contributed by atoms with Gasteiger partial charge in [-0.1, -0.05) is 0 Å². The summed E-state index contributed by atoms with van der Waals surface area (Å²) in [5.74, 6) is 0.139. The lowest BCUT2D eigenvalue weighted by Gasteiger charge is -2.01. The number of pyridine rings is 1. The Bertz CT molecular complexity index is 611. The molecular formula is C10H9N3O3S. The maximum atomic E-state index is 11.1. The molecule has 0 fully saturated rings. The van der Waals surface area contributed by atoms with Gasteiger partial charge >= 0.3 is 0 Å². The summed E-state index contributed by atoms with van der Waals surface area (Å²) in [6, 6.07) is 4.74. The summed E-state index contributed by atoms with van der Waals surface area (Å²) in [7, 11) is 0. The van der Waals surface area contributed by atoms with Crippen molar-refractivity contribution in [1.82, 2.24) is 15.0 Å². The molecule has 0 saturated carbocycles. The van der Waals surface area contributed by atoms with Gasteiger partial charge in [0, 0.05) is 24.0 Å². The lowest BCUT2D eigenvalue weighted by molar-refractivity contribution is 0.562. The highest BCUT2D eigenvalue weighted by Gasteiger charge is 2.05. The van der Waals surface area contributed by atoms with E-state index in [0.29, 0.717) is 11.3 Å². The molecule has 0 aliphatic heterocycles. The highest BCUT2D eigenvalue weighted by Crippen LogP contribution is 2.13. The SMILES string of the molecule is O=c1cc(-c2ccnc(CS(=O)O)n2)cc[nH]1. The quantitative estimate of drug-likeness (QED) is 0.777. The summed E-state index contributed by atoms with van der Waals surface area (Å²) < 4.78 is 19.4. The minimum absolute atomic E-state index is 0.128. The first-order valence-electron chi connectivity index (χ1n) is 4.73. The van der Waals surface area contributed by atoms with E-state index in [9.17, 15) is 9.00 Å². The van der Waals surface area contributed by atoms with Crippen molar-refractivity contribution in [3.8, 4) is 11.3 Å². The van der Waals surface area contributed by atoms with Crippen molar-refractivity contribution in [2.24, 2.45) is 0 Å². The van der Waals surface area contributed by atoms with E-state index in [4.69, 9.17) is 4.55 Å². The Balaban J connectivity index is 2.39. The second kappa shape index (κ2) is 4.98. The number of nitrogens with one attached hydrogen (secondary N) is 1. The van der Waals surface area contributed by atoms with E-state index in [1.165, 1.54) is 18.5 Å². The summed E-state index contributed by atoms with van der Waals surface area (Å²) in [5.41, 5.74) is 0.959. The smallest absolute Gasteiger partial charge is 0.248 e. The molecule has 17 heavy (non-hydrogen) atoms. The van der Waals surface area contributed by atoms with Gasteiger partial charge in [0.05, 0.1) is 5.69 Å². The van der Waals surface area contributed by atoms with E-state index in [2.05, 4.69) is 15.0 Å². The average molecular weight is 251 g/mol. The predicted octanol–water partition coefficient (Wildman–Crippen LogP) is 0.554. The van der Waals surface area contributed by atoms with Gasteiger partial charge in [0.1, 0.15) is 11.6 Å². The van der Waals surface area contributed by atoms with Crippen molar-refractivity contribution in [1.29, 1.82) is 0 Å². The zero-order chi connectivity index (χ0) is 12.3. The van der Waals surface area contributed by atoms with Crippen LogP contribution in [0.2, 0.25) is 0 Å². The first-order chi connectivity index (χ1) is 8.15. The topological polar surface area (TPSA) is 95.9 Å². The molecule has 0 aliphatic rings. The Morgan fingerprint density at radius 2 is 2.24 bits per heavy atom. The van der Waals surface area contributed by atoms with Crippen LogP contribution in [0.5, 0.6) is 0 Å². The highest BCUT2D eigenvalue weighted by molar-refractivity contribution is 7.78. The van der Waals surface area contributed by atoms with E-state index in [1.54, 1.807) is 12.1 Å². The number of hydrogen-bond acceptors (Lipinski definition) is 4. The van der Waals surface area contributed by atoms with Gasteiger partial charge in [-0.2, -0.15) is 0 Å². The van der Waals surface area contributed by atoms with E-state index >= 15 is 0 Å². The fourth-order valence-corrected chi connectivity index (χ4v) is 1.70. The van der Waals surface area contributed by atoms with Crippen LogP contribution in [0.1, 0.15) is 5.82 Å². The van der Waals surface area contributed by atoms with Crippen LogP contribution < -0.4 is 5.56 Å². The third kappa shape index (κ3) is 3.05. The molecule has 2 rings (SSSR count). The van der Waals surface area contributed by atoms with Crippen LogP contribution >= 0.6 is 0 Å². The fraction of sp³-hybridized carbons (Fsp3) is 0.100. The molecule has 0 amide bonds. The van der Waals surface area contributed by atoms with Crippen LogP contribution in [0, 0.1) is 0 Å². The summed E-state index contributed by atoms with van der Waals surface area (Å²) in [6.07, 6.45) is 3.01. The molecule has 7 heteroatoms. The van der Waals surface area contributed by atoms with Crippen LogP contribution in [0.25, 0.3) is 11.3 Å². The van der Waals surface area contributed by atoms with Gasteiger partial charge in [-0.15, -0.1) is 0 Å². The van der Waals surface area contributed by atoms with Crippen LogP contribution in [0.4, 0.5) is 0 Å². The van der Waals surface area contributed by atoms with Crippen molar-refractivity contribution in [3.05, 3.63) is 46.8 Å². The van der Waals surface area contributed by atoms with Crippen molar-refractivity contribution in [3.63, 3.8) is 0 Å². The lowest BCUT2D eigenvalue weighted by Crippen LogP contribution is -2.04. The number of hydrogen-bond donors (Lipinski definition) is 2. The second-order valence-corrected chi connectivity index (χ2v) is 4.20. The van der Waals surface area contributed by atoms with Crippen LogP contribution in [-0.4, -0.2) is 23.7 Å². The van der Waals surface area contributed by atoms with Crippen molar-refractivity contribution >= 4 is 11.1 Å². The monoisotopic (exact) mass is 251 g/mol. The fourth-order valence-electron chi connectivity index (χ4n) is 1.34. The Morgan fingerprint density at radius 3 is 2.94 bits per heavy atom. The largest absolute Gasteiger partial charge is 0.329 e. The molecule has 0 spiro atoms. The molecule has 88 valence electrons. The summed E-state index contributed by atoms with van der Waals surface area (Å²) in [4.78, 5) is 21.6. The standard InChI is InChI=1S/C10H9N3O3S/c14-10-5-7(1-3-12-10)8-2-4-11-9(13-8)6-17(15)16/h1-5H,6H2,(H,12,14)(H,15,16). The zero-order valence-electron chi connectivity index (χ0n) is 8.66. The van der Waals surface area contributed by atoms with Crippen LogP contribution in [-0.2, 0) is 16.8 Å². The number of H-pyrrole nitrogens is 1. The second-order valence-electron chi connectivity index (χ2n) is 3.27. The summed E-state index contributed by atoms with van der Waals surface area (Å²) in [5, 5.41) is 0. The van der Waals surface area contributed by atoms with Crippen LogP contribution in [0.15, 0.2) is 35.4 Å². The molecule has 1 atom stereocenters. The summed E-state index contributed by atoms with van der Waals surface area (Å²) >= 11 is -1.98. The van der Waals surface area contributed by atoms with E-state index in [-0.39, 0.29) is 17.1 Å². The van der Waals surface area contributed by atoms with Gasteiger partial charge in [0.25, 0.3) is 0 Å². The van der Waals surface area contributed by atoms with E-state index in [0.717, 1.165) is 0 Å². The maximum absolute atomic E-state index is 11.1. The molecule has 2 N–H and O–H groups in total. The Labute approximate surface area is 99.1 Å².